The van der Waals surface area contributed by atoms with Crippen LogP contribution in [0.4, 0.5) is 0 Å². The van der Waals surface area contributed by atoms with Gasteiger partial charge in [0.05, 0.1) is 6.61 Å². The van der Waals surface area contributed by atoms with Gasteiger partial charge in [-0.05, 0) is 39.3 Å². The van der Waals surface area contributed by atoms with Crippen LogP contribution in [0.1, 0.15) is 38.5 Å². The van der Waals surface area contributed by atoms with Gasteiger partial charge >= 0.3 is 0 Å². The van der Waals surface area contributed by atoms with E-state index in [1.807, 2.05) is 7.05 Å². The minimum Gasteiger partial charge on any atom is -0.381 e. The molecule has 0 spiro atoms. The maximum atomic E-state index is 5.49. The van der Waals surface area contributed by atoms with Gasteiger partial charge in [-0.3, -0.25) is 4.99 Å². The molecule has 2 atom stereocenters. The Labute approximate surface area is 142 Å². The molecule has 1 aliphatic heterocycles. The van der Waals surface area contributed by atoms with Crippen molar-refractivity contribution in [3.8, 4) is 0 Å². The van der Waals surface area contributed by atoms with Crippen LogP contribution in [0.5, 0.6) is 0 Å². The van der Waals surface area contributed by atoms with Crippen LogP contribution in [0.2, 0.25) is 0 Å². The molecule has 5 nitrogen and oxygen atoms in total. The summed E-state index contributed by atoms with van der Waals surface area (Å²) in [5, 5.41) is 3.62. The van der Waals surface area contributed by atoms with Crippen molar-refractivity contribution < 1.29 is 4.74 Å². The second kappa shape index (κ2) is 9.48. The van der Waals surface area contributed by atoms with Gasteiger partial charge in [-0.25, -0.2) is 0 Å². The van der Waals surface area contributed by atoms with Crippen molar-refractivity contribution in [1.29, 1.82) is 0 Å². The molecule has 5 heteroatoms. The first-order valence-corrected chi connectivity index (χ1v) is 9.27. The van der Waals surface area contributed by atoms with Gasteiger partial charge in [-0.2, -0.15) is 0 Å². The standard InChI is InChI=1S/C18H36N4O/c1-19-18(22(4)13-15-10-11-23-14-15)20-12-17(21(2)3)16-8-6-5-7-9-16/h15-17H,5-14H2,1-4H3,(H,19,20). The van der Waals surface area contributed by atoms with Crippen LogP contribution in [-0.4, -0.2) is 76.3 Å². The fourth-order valence-electron chi connectivity index (χ4n) is 4.07. The molecule has 1 N–H and O–H groups in total. The molecular weight excluding hydrogens is 288 g/mol. The summed E-state index contributed by atoms with van der Waals surface area (Å²) in [6.07, 6.45) is 8.12. The van der Waals surface area contributed by atoms with Gasteiger partial charge in [0.2, 0.25) is 0 Å². The largest absolute Gasteiger partial charge is 0.381 e. The number of hydrogen-bond acceptors (Lipinski definition) is 3. The van der Waals surface area contributed by atoms with Gasteiger partial charge in [0.15, 0.2) is 5.96 Å². The number of rotatable bonds is 6. The Hall–Kier alpha value is -0.810. The number of ether oxygens (including phenoxy) is 1. The van der Waals surface area contributed by atoms with E-state index >= 15 is 0 Å². The topological polar surface area (TPSA) is 40.1 Å². The summed E-state index contributed by atoms with van der Waals surface area (Å²) < 4.78 is 5.49. The molecule has 1 saturated carbocycles. The van der Waals surface area contributed by atoms with Crippen molar-refractivity contribution in [2.45, 2.75) is 44.6 Å². The molecule has 0 amide bonds. The lowest BCUT2D eigenvalue weighted by Crippen LogP contribution is -2.49. The second-order valence-electron chi connectivity index (χ2n) is 7.47. The molecule has 23 heavy (non-hydrogen) atoms. The molecule has 0 aromatic heterocycles. The molecule has 1 aliphatic carbocycles. The highest BCUT2D eigenvalue weighted by Gasteiger charge is 2.26. The Bertz CT molecular complexity index is 360. The van der Waals surface area contributed by atoms with Crippen molar-refractivity contribution in [2.24, 2.45) is 16.8 Å². The number of nitrogens with zero attached hydrogens (tertiary/aromatic N) is 3. The van der Waals surface area contributed by atoms with E-state index in [1.165, 1.54) is 38.5 Å². The summed E-state index contributed by atoms with van der Waals surface area (Å²) in [6.45, 7) is 3.81. The monoisotopic (exact) mass is 324 g/mol. The molecule has 1 heterocycles. The highest BCUT2D eigenvalue weighted by atomic mass is 16.5. The van der Waals surface area contributed by atoms with Gasteiger partial charge in [-0.15, -0.1) is 0 Å². The van der Waals surface area contributed by atoms with Crippen molar-refractivity contribution in [3.05, 3.63) is 0 Å². The Morgan fingerprint density at radius 2 is 1.91 bits per heavy atom. The average Bonchev–Trinajstić information content (AvgIpc) is 3.05. The number of aliphatic imine (C=N–C) groups is 1. The molecule has 0 aromatic carbocycles. The highest BCUT2D eigenvalue weighted by Crippen LogP contribution is 2.28. The fraction of sp³-hybridized carbons (Fsp3) is 0.944. The van der Waals surface area contributed by atoms with E-state index in [4.69, 9.17) is 4.74 Å². The number of guanidine groups is 1. The Kier molecular flexibility index (Phi) is 7.63. The Morgan fingerprint density at radius 3 is 2.48 bits per heavy atom. The Balaban J connectivity index is 1.83. The second-order valence-corrected chi connectivity index (χ2v) is 7.47. The van der Waals surface area contributed by atoms with E-state index < -0.39 is 0 Å². The molecular formula is C18H36N4O. The van der Waals surface area contributed by atoms with E-state index in [2.05, 4.69) is 41.3 Å². The predicted molar refractivity (Wildman–Crippen MR) is 97.0 cm³/mol. The number of nitrogens with one attached hydrogen (secondary N) is 1. The van der Waals surface area contributed by atoms with Crippen LogP contribution in [0.15, 0.2) is 4.99 Å². The SMILES string of the molecule is CN=C(NCC(C1CCCCC1)N(C)C)N(C)CC1CCOC1. The summed E-state index contributed by atoms with van der Waals surface area (Å²) in [5.74, 6) is 2.47. The molecule has 0 aromatic rings. The van der Waals surface area contributed by atoms with Crippen LogP contribution >= 0.6 is 0 Å². The average molecular weight is 325 g/mol. The number of likely N-dealkylation sites (N-methyl/N-ethyl adjacent to an activating group) is 1. The van der Waals surface area contributed by atoms with Crippen LogP contribution in [0.25, 0.3) is 0 Å². The quantitative estimate of drug-likeness (QED) is 0.599. The minimum absolute atomic E-state index is 0.593. The van der Waals surface area contributed by atoms with Gasteiger partial charge in [0.25, 0.3) is 0 Å². The third-order valence-electron chi connectivity index (χ3n) is 5.46. The Morgan fingerprint density at radius 1 is 1.17 bits per heavy atom. The van der Waals surface area contributed by atoms with Crippen LogP contribution < -0.4 is 5.32 Å². The summed E-state index contributed by atoms with van der Waals surface area (Å²) in [6, 6.07) is 0.593. The highest BCUT2D eigenvalue weighted by molar-refractivity contribution is 5.79. The van der Waals surface area contributed by atoms with Crippen LogP contribution in [-0.2, 0) is 4.74 Å². The van der Waals surface area contributed by atoms with Crippen molar-refractivity contribution in [2.75, 3.05) is 54.5 Å². The lowest BCUT2D eigenvalue weighted by atomic mass is 9.83. The van der Waals surface area contributed by atoms with E-state index in [1.54, 1.807) is 0 Å². The number of hydrogen-bond donors (Lipinski definition) is 1. The molecule has 1 saturated heterocycles. The summed E-state index contributed by atoms with van der Waals surface area (Å²) in [7, 11) is 8.45. The van der Waals surface area contributed by atoms with Gasteiger partial charge in [0, 0.05) is 45.8 Å². The third-order valence-corrected chi connectivity index (χ3v) is 5.46. The van der Waals surface area contributed by atoms with E-state index in [9.17, 15) is 0 Å². The maximum absolute atomic E-state index is 5.49. The lowest BCUT2D eigenvalue weighted by Gasteiger charge is -2.36. The van der Waals surface area contributed by atoms with Crippen molar-refractivity contribution in [3.63, 3.8) is 0 Å². The molecule has 2 rings (SSSR count). The lowest BCUT2D eigenvalue weighted by molar-refractivity contribution is 0.169. The molecule has 2 aliphatic rings. The van der Waals surface area contributed by atoms with Crippen molar-refractivity contribution >= 4 is 5.96 Å². The first-order valence-electron chi connectivity index (χ1n) is 9.27. The zero-order valence-electron chi connectivity index (χ0n) is 15.6. The van der Waals surface area contributed by atoms with Crippen LogP contribution in [0, 0.1) is 11.8 Å². The zero-order chi connectivity index (χ0) is 16.7. The zero-order valence-corrected chi connectivity index (χ0v) is 15.6. The molecule has 0 radical (unpaired) electrons. The van der Waals surface area contributed by atoms with Crippen LogP contribution in [0.3, 0.4) is 0 Å². The molecule has 2 fully saturated rings. The van der Waals surface area contributed by atoms with Gasteiger partial charge in [0.1, 0.15) is 0 Å². The van der Waals surface area contributed by atoms with E-state index in [0.717, 1.165) is 38.2 Å². The first-order chi connectivity index (χ1) is 11.1. The summed E-state index contributed by atoms with van der Waals surface area (Å²) in [5.41, 5.74) is 0. The fourth-order valence-corrected chi connectivity index (χ4v) is 4.07. The molecule has 0 bridgehead atoms. The predicted octanol–water partition coefficient (Wildman–Crippen LogP) is 2.04. The molecule has 2 unspecified atom stereocenters. The van der Waals surface area contributed by atoms with Gasteiger partial charge in [-0.1, -0.05) is 19.3 Å². The minimum atomic E-state index is 0.593. The maximum Gasteiger partial charge on any atom is 0.193 e. The van der Waals surface area contributed by atoms with E-state index in [0.29, 0.717) is 12.0 Å². The normalized spacial score (nSPS) is 24.9. The third kappa shape index (κ3) is 5.64. The summed E-state index contributed by atoms with van der Waals surface area (Å²) in [4.78, 5) is 9.13. The smallest absolute Gasteiger partial charge is 0.193 e. The van der Waals surface area contributed by atoms with Gasteiger partial charge < -0.3 is 19.9 Å². The summed E-state index contributed by atoms with van der Waals surface area (Å²) >= 11 is 0. The van der Waals surface area contributed by atoms with E-state index in [-0.39, 0.29) is 0 Å². The first kappa shape index (κ1) is 18.5. The van der Waals surface area contributed by atoms with Crippen molar-refractivity contribution in [1.82, 2.24) is 15.1 Å². The molecule has 134 valence electrons.